The van der Waals surface area contributed by atoms with Crippen LogP contribution in [-0.4, -0.2) is 216 Å². The van der Waals surface area contributed by atoms with E-state index < -0.39 is 120 Å². The number of Topliss-reactive ketones (excluding diaryl/α,β-unsaturated/α-hetero) is 2. The minimum absolute atomic E-state index is 0.0306. The van der Waals surface area contributed by atoms with Crippen LogP contribution in [0.25, 0.3) is 0 Å². The highest BCUT2D eigenvalue weighted by Crippen LogP contribution is 2.49. The van der Waals surface area contributed by atoms with Gasteiger partial charge in [0, 0.05) is 67.2 Å². The van der Waals surface area contributed by atoms with Crippen molar-refractivity contribution in [1.82, 2.24) is 10.8 Å². The van der Waals surface area contributed by atoms with Crippen LogP contribution in [-0.2, 0) is 52.3 Å². The van der Waals surface area contributed by atoms with Gasteiger partial charge in [-0.3, -0.25) is 19.2 Å². The Morgan fingerprint density at radius 3 is 2.27 bits per heavy atom. The summed E-state index contributed by atoms with van der Waals surface area (Å²) in [6, 6.07) is -1.24. The number of hydrogen-bond donors (Lipinski definition) is 8. The number of aliphatic hydroxyl groups is 5. The lowest BCUT2D eigenvalue weighted by Crippen LogP contribution is -2.65. The van der Waals surface area contributed by atoms with E-state index in [0.717, 1.165) is 11.8 Å². The second kappa shape index (κ2) is 31.4. The smallest absolute Gasteiger partial charge is 0.229 e. The average molecular weight is 1380 g/mol. The Kier molecular flexibility index (Phi) is 25.7. The second-order valence-corrected chi connectivity index (χ2v) is 27.5. The molecule has 1 aromatic rings. The first-order chi connectivity index (χ1) is 40.8. The van der Waals surface area contributed by atoms with E-state index in [2.05, 4.69) is 34.5 Å². The molecule has 0 aromatic heterocycles. The molecule has 478 valence electrons. The summed E-state index contributed by atoms with van der Waals surface area (Å²) in [7, 11) is 8.71. The van der Waals surface area contributed by atoms with Crippen LogP contribution in [0.4, 0.5) is 0 Å². The Hall–Kier alpha value is -2.93. The van der Waals surface area contributed by atoms with E-state index in [9.17, 15) is 39.9 Å². The number of ketones is 2. The van der Waals surface area contributed by atoms with Gasteiger partial charge in [0.15, 0.2) is 41.8 Å². The number of likely N-dealkylation sites (N-methyl/N-ethyl adjacent to an activating group) is 1. The standard InChI is InChI=1S/C59H82IN3O20S3/c1-13-62-35-26-76-40(24-39(35)72-9)81-52-47(68)45(30(4)78-57(52)80-38-18-16-14-15-17-20-59(71)25-37(66)33(22-28(2)64)43(38)34(59)19-21-84-86-58(7,8)27-61)63-83-41-23-36(65)54(32(6)77-41)85-55(70)42-29(3)44(60)50(53(75-12)49(42)73-10)82-56-48(69)51(74-11)46(67)31(5)79-56/h14-15,19,30-32,35-36,38-41,45-48,51-52,54,56-57,62-63,65,67-69,71H,13,21-27,61H2,1-12H3/b15-14-,34-19+/t30-,31+,32-,35+,36+,38+,39+,40+,41+,45-,46+,47+,48-,51-,52-,54-,56+,57+,59+/m1/s1. The molecule has 0 unspecified atom stereocenters. The van der Waals surface area contributed by atoms with E-state index in [1.165, 1.54) is 51.2 Å². The largest absolute Gasteiger partial charge is 0.492 e. The van der Waals surface area contributed by atoms with Crippen molar-refractivity contribution in [3.63, 3.8) is 0 Å². The molecular formula is C59H82IN3O20S3. The molecule has 2 bridgehead atoms. The summed E-state index contributed by atoms with van der Waals surface area (Å²) in [5.74, 6) is 11.4. The van der Waals surface area contributed by atoms with Crippen LogP contribution in [0.2, 0.25) is 0 Å². The van der Waals surface area contributed by atoms with Crippen LogP contribution >= 0.6 is 55.9 Å². The lowest BCUT2D eigenvalue weighted by molar-refractivity contribution is -0.336. The first kappa shape index (κ1) is 70.5. The molecule has 6 aliphatic rings. The zero-order valence-electron chi connectivity index (χ0n) is 50.3. The molecule has 23 nitrogen and oxygen atoms in total. The van der Waals surface area contributed by atoms with Gasteiger partial charge < -0.3 is 88.7 Å². The number of rotatable bonds is 24. The van der Waals surface area contributed by atoms with Crippen LogP contribution in [0.1, 0.15) is 90.1 Å². The van der Waals surface area contributed by atoms with Crippen molar-refractivity contribution in [2.24, 2.45) is 5.73 Å². The number of fused-ring (bicyclic) bond motifs is 2. The monoisotopic (exact) mass is 1380 g/mol. The number of allylic oxidation sites excluding steroid dienone is 3. The molecule has 4 saturated heterocycles. The van der Waals surface area contributed by atoms with Gasteiger partial charge in [-0.2, -0.15) is 5.48 Å². The number of benzene rings is 1. The van der Waals surface area contributed by atoms with Gasteiger partial charge in [0.25, 0.3) is 0 Å². The van der Waals surface area contributed by atoms with Gasteiger partial charge in [0.05, 0.1) is 84.2 Å². The Morgan fingerprint density at radius 2 is 1.62 bits per heavy atom. The van der Waals surface area contributed by atoms with Crippen LogP contribution < -0.4 is 30.7 Å². The van der Waals surface area contributed by atoms with Gasteiger partial charge in [0.2, 0.25) is 17.2 Å². The Morgan fingerprint density at radius 1 is 0.907 bits per heavy atom. The van der Waals surface area contributed by atoms with E-state index in [4.69, 9.17) is 62.7 Å². The predicted molar refractivity (Wildman–Crippen MR) is 329 cm³/mol. The topological polar surface area (TPSA) is 313 Å². The molecule has 2 aliphatic carbocycles. The Bertz CT molecular complexity index is 2790. The number of carbonyl (C=O) groups is 3. The number of ether oxygens (including phenoxy) is 11. The maximum absolute atomic E-state index is 14.5. The number of aliphatic hydroxyl groups excluding tert-OH is 4. The first-order valence-corrected chi connectivity index (χ1v) is 32.6. The highest BCUT2D eigenvalue weighted by atomic mass is 127. The van der Waals surface area contributed by atoms with E-state index in [0.29, 0.717) is 28.0 Å². The zero-order valence-corrected chi connectivity index (χ0v) is 54.9. The highest BCUT2D eigenvalue weighted by Gasteiger charge is 2.52. The minimum Gasteiger partial charge on any atom is -0.492 e. The van der Waals surface area contributed by atoms with Crippen molar-refractivity contribution in [1.29, 1.82) is 0 Å². The summed E-state index contributed by atoms with van der Waals surface area (Å²) in [4.78, 5) is 47.8. The summed E-state index contributed by atoms with van der Waals surface area (Å²) in [5.41, 5.74) is 7.98. The van der Waals surface area contributed by atoms with Crippen molar-refractivity contribution in [2.45, 2.75) is 201 Å². The van der Waals surface area contributed by atoms with Gasteiger partial charge >= 0.3 is 0 Å². The third-order valence-electron chi connectivity index (χ3n) is 15.6. The number of hydroxylamine groups is 1. The molecule has 86 heavy (non-hydrogen) atoms. The van der Waals surface area contributed by atoms with Crippen LogP contribution in [0.15, 0.2) is 34.9 Å². The molecule has 4 fully saturated rings. The van der Waals surface area contributed by atoms with Crippen molar-refractivity contribution in [3.8, 4) is 40.9 Å². The fourth-order valence-corrected chi connectivity index (χ4v) is 14.9. The number of carbonyl (C=O) groups excluding carboxylic acids is 3. The molecule has 0 saturated carbocycles. The maximum Gasteiger partial charge on any atom is 0.229 e. The van der Waals surface area contributed by atoms with Gasteiger partial charge in [0.1, 0.15) is 42.4 Å². The van der Waals surface area contributed by atoms with Crippen LogP contribution in [0.3, 0.4) is 0 Å². The van der Waals surface area contributed by atoms with E-state index in [-0.39, 0.29) is 88.1 Å². The molecule has 4 aliphatic heterocycles. The Balaban J connectivity index is 1.12. The average Bonchev–Trinajstić information content (AvgIpc) is 1.23. The zero-order chi connectivity index (χ0) is 62.9. The fraction of sp³-hybridized carbons (Fsp3) is 0.678. The van der Waals surface area contributed by atoms with Gasteiger partial charge in [-0.15, -0.1) is 0 Å². The summed E-state index contributed by atoms with van der Waals surface area (Å²) >= 11 is 2.84. The summed E-state index contributed by atoms with van der Waals surface area (Å²) in [5, 5.41) is 60.4. The number of halogens is 1. The summed E-state index contributed by atoms with van der Waals surface area (Å²) in [6.45, 7) is 15.3. The number of nitrogens with one attached hydrogen (secondary N) is 2. The lowest BCUT2D eigenvalue weighted by Gasteiger charge is -2.46. The molecule has 7 rings (SSSR count). The van der Waals surface area contributed by atoms with Crippen molar-refractivity contribution in [3.05, 3.63) is 49.6 Å². The molecule has 19 atom stereocenters. The molecular weight excluding hydrogens is 1290 g/mol. The number of thioether (sulfide) groups is 1. The molecule has 0 radical (unpaired) electrons. The molecule has 1 aromatic carbocycles. The number of methoxy groups -OCH3 is 4. The first-order valence-electron chi connectivity index (χ1n) is 28.4. The van der Waals surface area contributed by atoms with Crippen molar-refractivity contribution in [2.75, 3.05) is 53.9 Å². The summed E-state index contributed by atoms with van der Waals surface area (Å²) in [6.07, 6.45) is -12.6. The third-order valence-corrected chi connectivity index (χ3v) is 21.4. The highest BCUT2D eigenvalue weighted by molar-refractivity contribution is 14.1. The van der Waals surface area contributed by atoms with Gasteiger partial charge in [-0.25, -0.2) is 0 Å². The quantitative estimate of drug-likeness (QED) is 0.0242. The Labute approximate surface area is 528 Å². The third kappa shape index (κ3) is 16.4. The molecule has 9 N–H and O–H groups in total. The van der Waals surface area contributed by atoms with Crippen LogP contribution in [0.5, 0.6) is 17.2 Å². The number of hydrogen-bond acceptors (Lipinski definition) is 26. The number of nitrogens with two attached hydrogens (primary N) is 1. The molecule has 0 spiro atoms. The summed E-state index contributed by atoms with van der Waals surface area (Å²) < 4.78 is 67.6. The molecule has 27 heteroatoms. The maximum atomic E-state index is 14.5. The van der Waals surface area contributed by atoms with E-state index >= 15 is 0 Å². The van der Waals surface area contributed by atoms with Crippen molar-refractivity contribution < 1.29 is 96.9 Å². The van der Waals surface area contributed by atoms with Gasteiger partial charge in [-0.05, 0) is 95.3 Å². The van der Waals surface area contributed by atoms with E-state index in [1.54, 1.807) is 51.7 Å². The van der Waals surface area contributed by atoms with Crippen LogP contribution in [0, 0.1) is 34.2 Å². The SMILES string of the molecule is CCN[C@H]1CO[C@@H](O[C@H]2[C@H](O[C@H]3C#C/C=C\C#C[C@]4(O)CC(=O)C(CC(C)=O)=C3/C4=C\CSSC(C)(C)CN)O[C@H](C)[C@@H](NO[C@H]3C[C@H](O)[C@H](SC(=O)c4c(C)c(I)c(O[C@@H]5O[C@@H](C)[C@H](O)[C@@H](OC)[C@H]5O)c(OC)c4OC)[C@@H](C)O3)[C@@H]2O)C[C@@H]1OC. The minimum atomic E-state index is -2.01. The van der Waals surface area contributed by atoms with E-state index in [1.807, 2.05) is 43.4 Å². The van der Waals surface area contributed by atoms with Crippen molar-refractivity contribution >= 4 is 72.6 Å². The fourth-order valence-electron chi connectivity index (χ4n) is 10.9. The second-order valence-electron chi connectivity index (χ2n) is 22.2. The van der Waals surface area contributed by atoms with Gasteiger partial charge in [-0.1, -0.05) is 70.0 Å². The predicted octanol–water partition coefficient (Wildman–Crippen LogP) is 3.32. The lowest BCUT2D eigenvalue weighted by atomic mass is 9.72. The normalized spacial score (nSPS) is 35.7. The molecule has 4 heterocycles. The molecule has 0 amide bonds.